The molecule has 1 saturated heterocycles. The van der Waals surface area contributed by atoms with Crippen LogP contribution in [0, 0.1) is 5.92 Å². The molecule has 3 amide bonds. The van der Waals surface area contributed by atoms with Gasteiger partial charge in [0, 0.05) is 39.0 Å². The van der Waals surface area contributed by atoms with Gasteiger partial charge in [-0.25, -0.2) is 0 Å². The minimum Gasteiger partial charge on any atom is -0.347 e. The second kappa shape index (κ2) is 7.87. The molecule has 0 saturated carbocycles. The number of carbonyl (C=O) groups is 3. The van der Waals surface area contributed by atoms with Gasteiger partial charge in [0.1, 0.15) is 0 Å². The second-order valence-corrected chi connectivity index (χ2v) is 5.12. The van der Waals surface area contributed by atoms with Crippen molar-refractivity contribution < 1.29 is 14.4 Å². The van der Waals surface area contributed by atoms with Crippen molar-refractivity contribution in [2.75, 3.05) is 32.7 Å². The van der Waals surface area contributed by atoms with Crippen molar-refractivity contribution in [2.45, 2.75) is 33.6 Å². The number of nitrogens with one attached hydrogen (secondary N) is 1. The van der Waals surface area contributed by atoms with E-state index in [1.54, 1.807) is 9.80 Å². The van der Waals surface area contributed by atoms with Gasteiger partial charge in [-0.1, -0.05) is 13.8 Å². The topological polar surface area (TPSA) is 69.7 Å². The molecule has 0 radical (unpaired) electrons. The minimum absolute atomic E-state index is 0.0163. The molecule has 0 aromatic rings. The lowest BCUT2D eigenvalue weighted by atomic mass is 10.0. The number of hydrogen-bond acceptors (Lipinski definition) is 3. The maximum absolute atomic E-state index is 12.0. The van der Waals surface area contributed by atoms with Crippen LogP contribution in [0.4, 0.5) is 0 Å². The fourth-order valence-corrected chi connectivity index (χ4v) is 2.35. The van der Waals surface area contributed by atoms with Crippen LogP contribution in [0.1, 0.15) is 33.6 Å². The smallest absolute Gasteiger partial charge is 0.242 e. The fourth-order valence-electron chi connectivity index (χ4n) is 2.35. The summed E-state index contributed by atoms with van der Waals surface area (Å²) in [4.78, 5) is 38.4. The molecular weight excluding hydrogens is 258 g/mol. The zero-order valence-electron chi connectivity index (χ0n) is 12.6. The van der Waals surface area contributed by atoms with E-state index in [1.165, 1.54) is 6.92 Å². The van der Waals surface area contributed by atoms with Crippen LogP contribution in [-0.2, 0) is 14.4 Å². The molecule has 0 unspecified atom stereocenters. The summed E-state index contributed by atoms with van der Waals surface area (Å²) in [5, 5.41) is 2.70. The van der Waals surface area contributed by atoms with Crippen molar-refractivity contribution in [1.82, 2.24) is 15.1 Å². The first-order valence-corrected chi connectivity index (χ1v) is 7.30. The number of carbonyl (C=O) groups excluding carboxylic acids is 3. The number of piperazine rings is 1. The first-order chi connectivity index (χ1) is 9.49. The van der Waals surface area contributed by atoms with Crippen LogP contribution in [0.25, 0.3) is 0 Å². The van der Waals surface area contributed by atoms with Crippen LogP contribution in [0.5, 0.6) is 0 Å². The number of hydrogen-bond donors (Lipinski definition) is 1. The zero-order valence-corrected chi connectivity index (χ0v) is 12.6. The molecule has 0 aliphatic carbocycles. The predicted molar refractivity (Wildman–Crippen MR) is 75.9 cm³/mol. The maximum Gasteiger partial charge on any atom is 0.242 e. The standard InChI is InChI=1S/C14H25N3O3/c1-4-12(5-2)14(20)15-10-13(19)17-8-6-16(7-9-17)11(3)18/h12H,4-10H2,1-3H3,(H,15,20). The summed E-state index contributed by atoms with van der Waals surface area (Å²) in [6.45, 7) is 7.75. The lowest BCUT2D eigenvalue weighted by molar-refractivity contribution is -0.138. The highest BCUT2D eigenvalue weighted by atomic mass is 16.2. The molecule has 0 aromatic carbocycles. The van der Waals surface area contributed by atoms with Crippen LogP contribution in [0.15, 0.2) is 0 Å². The van der Waals surface area contributed by atoms with Crippen molar-refractivity contribution in [2.24, 2.45) is 5.92 Å². The van der Waals surface area contributed by atoms with Gasteiger partial charge in [0.05, 0.1) is 6.54 Å². The number of amides is 3. The van der Waals surface area contributed by atoms with Gasteiger partial charge in [-0.15, -0.1) is 0 Å². The Morgan fingerprint density at radius 2 is 1.50 bits per heavy atom. The van der Waals surface area contributed by atoms with E-state index in [0.717, 1.165) is 12.8 Å². The first-order valence-electron chi connectivity index (χ1n) is 7.30. The van der Waals surface area contributed by atoms with Gasteiger partial charge in [0.2, 0.25) is 17.7 Å². The minimum atomic E-state index is -0.0764. The van der Waals surface area contributed by atoms with E-state index in [-0.39, 0.29) is 30.2 Å². The Bertz CT molecular complexity index is 359. The molecule has 0 aromatic heterocycles. The molecule has 20 heavy (non-hydrogen) atoms. The Balaban J connectivity index is 2.34. The number of rotatable bonds is 5. The van der Waals surface area contributed by atoms with Crippen molar-refractivity contribution >= 4 is 17.7 Å². The second-order valence-electron chi connectivity index (χ2n) is 5.12. The molecule has 0 atom stereocenters. The van der Waals surface area contributed by atoms with Crippen molar-refractivity contribution in [3.8, 4) is 0 Å². The van der Waals surface area contributed by atoms with E-state index in [4.69, 9.17) is 0 Å². The van der Waals surface area contributed by atoms with E-state index in [9.17, 15) is 14.4 Å². The summed E-state index contributed by atoms with van der Waals surface area (Å²) in [5.41, 5.74) is 0. The average molecular weight is 283 g/mol. The largest absolute Gasteiger partial charge is 0.347 e. The molecule has 1 heterocycles. The Kier molecular flexibility index (Phi) is 6.48. The molecule has 1 aliphatic rings. The SMILES string of the molecule is CCC(CC)C(=O)NCC(=O)N1CCN(C(C)=O)CC1. The third kappa shape index (κ3) is 4.51. The van der Waals surface area contributed by atoms with Gasteiger partial charge in [-0.05, 0) is 12.8 Å². The van der Waals surface area contributed by atoms with Crippen LogP contribution in [0.2, 0.25) is 0 Å². The fraction of sp³-hybridized carbons (Fsp3) is 0.786. The summed E-state index contributed by atoms with van der Waals surface area (Å²) < 4.78 is 0. The monoisotopic (exact) mass is 283 g/mol. The van der Waals surface area contributed by atoms with Gasteiger partial charge >= 0.3 is 0 Å². The molecule has 1 aliphatic heterocycles. The lowest BCUT2D eigenvalue weighted by Crippen LogP contribution is -2.52. The predicted octanol–water partition coefficient (Wildman–Crippen LogP) is 0.230. The highest BCUT2D eigenvalue weighted by Gasteiger charge is 2.23. The quantitative estimate of drug-likeness (QED) is 0.785. The molecule has 6 heteroatoms. The normalized spacial score (nSPS) is 15.4. The molecule has 0 bridgehead atoms. The molecule has 0 spiro atoms. The summed E-state index contributed by atoms with van der Waals surface area (Å²) in [5.74, 6) is -0.102. The Morgan fingerprint density at radius 3 is 1.95 bits per heavy atom. The third-order valence-electron chi connectivity index (χ3n) is 3.85. The zero-order chi connectivity index (χ0) is 15.1. The summed E-state index contributed by atoms with van der Waals surface area (Å²) >= 11 is 0. The molecule has 1 N–H and O–H groups in total. The van der Waals surface area contributed by atoms with Gasteiger partial charge in [-0.3, -0.25) is 14.4 Å². The molecule has 114 valence electrons. The van der Waals surface area contributed by atoms with Gasteiger partial charge in [-0.2, -0.15) is 0 Å². The molecule has 6 nitrogen and oxygen atoms in total. The average Bonchev–Trinajstić information content (AvgIpc) is 2.46. The highest BCUT2D eigenvalue weighted by molar-refractivity contribution is 5.86. The van der Waals surface area contributed by atoms with Crippen LogP contribution >= 0.6 is 0 Å². The molecule has 1 rings (SSSR count). The number of nitrogens with zero attached hydrogens (tertiary/aromatic N) is 2. The van der Waals surface area contributed by atoms with Gasteiger partial charge < -0.3 is 15.1 Å². The summed E-state index contributed by atoms with van der Waals surface area (Å²) in [7, 11) is 0. The molecule has 1 fully saturated rings. The van der Waals surface area contributed by atoms with Crippen LogP contribution < -0.4 is 5.32 Å². The van der Waals surface area contributed by atoms with Gasteiger partial charge in [0.25, 0.3) is 0 Å². The first kappa shape index (κ1) is 16.5. The Morgan fingerprint density at radius 1 is 1.00 bits per heavy atom. The van der Waals surface area contributed by atoms with E-state index in [2.05, 4.69) is 5.32 Å². The Labute approximate surface area is 120 Å². The summed E-state index contributed by atoms with van der Waals surface area (Å²) in [6, 6.07) is 0. The van der Waals surface area contributed by atoms with Crippen LogP contribution in [0.3, 0.4) is 0 Å². The van der Waals surface area contributed by atoms with E-state index >= 15 is 0 Å². The lowest BCUT2D eigenvalue weighted by Gasteiger charge is -2.34. The van der Waals surface area contributed by atoms with E-state index in [0.29, 0.717) is 26.2 Å². The third-order valence-corrected chi connectivity index (χ3v) is 3.85. The van der Waals surface area contributed by atoms with Crippen LogP contribution in [-0.4, -0.2) is 60.2 Å². The highest BCUT2D eigenvalue weighted by Crippen LogP contribution is 2.07. The van der Waals surface area contributed by atoms with E-state index < -0.39 is 0 Å². The maximum atomic E-state index is 12.0. The van der Waals surface area contributed by atoms with Gasteiger partial charge in [0.15, 0.2) is 0 Å². The van der Waals surface area contributed by atoms with E-state index in [1.807, 2.05) is 13.8 Å². The van der Waals surface area contributed by atoms with Crippen molar-refractivity contribution in [3.63, 3.8) is 0 Å². The Hall–Kier alpha value is -1.59. The van der Waals surface area contributed by atoms with Crippen molar-refractivity contribution in [3.05, 3.63) is 0 Å². The summed E-state index contributed by atoms with van der Waals surface area (Å²) in [6.07, 6.45) is 1.57. The molecular formula is C14H25N3O3. The van der Waals surface area contributed by atoms with Crippen molar-refractivity contribution in [1.29, 1.82) is 0 Å².